The lowest BCUT2D eigenvalue weighted by Crippen LogP contribution is -2.47. The molecule has 8 heteroatoms. The number of nitrogens with one attached hydrogen (secondary N) is 1. The summed E-state index contributed by atoms with van der Waals surface area (Å²) in [5.41, 5.74) is 7.13. The second-order valence-corrected chi connectivity index (χ2v) is 14.7. The van der Waals surface area contributed by atoms with Crippen molar-refractivity contribution in [3.8, 4) is 11.5 Å². The molecule has 3 aliphatic heterocycles. The summed E-state index contributed by atoms with van der Waals surface area (Å²) >= 11 is 0. The van der Waals surface area contributed by atoms with Gasteiger partial charge in [0.15, 0.2) is 11.5 Å². The highest BCUT2D eigenvalue weighted by atomic mass is 32.2. The van der Waals surface area contributed by atoms with Crippen molar-refractivity contribution in [3.63, 3.8) is 0 Å². The number of rotatable bonds is 7. The number of nitrogens with zero attached hydrogens (tertiary/aromatic N) is 2. The highest BCUT2D eigenvalue weighted by Gasteiger charge is 2.44. The van der Waals surface area contributed by atoms with Crippen molar-refractivity contribution in [1.82, 2.24) is 14.2 Å². The highest BCUT2D eigenvalue weighted by molar-refractivity contribution is 7.89. The van der Waals surface area contributed by atoms with E-state index in [0.717, 1.165) is 67.0 Å². The lowest BCUT2D eigenvalue weighted by atomic mass is 9.73. The van der Waals surface area contributed by atoms with Crippen LogP contribution < -0.4 is 9.47 Å². The van der Waals surface area contributed by atoms with E-state index >= 15 is 0 Å². The van der Waals surface area contributed by atoms with E-state index in [1.807, 2.05) is 25.1 Å². The Bertz CT molecular complexity index is 1780. The standard InChI is InChI=1S/C36H43N3O4S/c1-5-24-22-38-16-14-25-20-34(42-3)35(43-4)21-30(25)32(38)18-26(24)19-33-36-29(28-8-6-7-9-31(28)37-36)15-17-39(33)44(40,41)27-12-10-23(2)11-13-27/h6-13,20-21,24,26,32-33,37H,5,14-19,22H2,1-4H3. The fraction of sp³-hybridized carbons (Fsp3) is 0.444. The molecule has 44 heavy (non-hydrogen) atoms. The molecule has 4 heterocycles. The molecule has 0 amide bonds. The zero-order valence-corrected chi connectivity index (χ0v) is 27.0. The van der Waals surface area contributed by atoms with Crippen molar-refractivity contribution in [2.45, 2.75) is 62.9 Å². The first-order valence-electron chi connectivity index (χ1n) is 16.0. The van der Waals surface area contributed by atoms with Crippen molar-refractivity contribution in [1.29, 1.82) is 0 Å². The quantitative estimate of drug-likeness (QED) is 0.248. The minimum absolute atomic E-state index is 0.253. The van der Waals surface area contributed by atoms with Gasteiger partial charge in [0.05, 0.1) is 25.2 Å². The van der Waals surface area contributed by atoms with Crippen LogP contribution in [0.2, 0.25) is 0 Å². The summed E-state index contributed by atoms with van der Waals surface area (Å²) in [6.45, 7) is 6.81. The smallest absolute Gasteiger partial charge is 0.243 e. The number of sulfonamides is 1. The summed E-state index contributed by atoms with van der Waals surface area (Å²) in [6.07, 6.45) is 4.55. The van der Waals surface area contributed by atoms with Crippen molar-refractivity contribution < 1.29 is 17.9 Å². The minimum Gasteiger partial charge on any atom is -0.493 e. The van der Waals surface area contributed by atoms with Crippen LogP contribution in [-0.4, -0.2) is 56.5 Å². The molecular weight excluding hydrogens is 570 g/mol. The maximum atomic E-state index is 14.3. The number of ether oxygens (including phenoxy) is 2. The molecule has 1 N–H and O–H groups in total. The molecule has 4 unspecified atom stereocenters. The lowest BCUT2D eigenvalue weighted by molar-refractivity contribution is 0.0384. The van der Waals surface area contributed by atoms with Gasteiger partial charge in [-0.05, 0) is 91.5 Å². The number of H-pyrrole nitrogens is 1. The fourth-order valence-corrected chi connectivity index (χ4v) is 9.82. The van der Waals surface area contributed by atoms with E-state index in [1.54, 1.807) is 30.7 Å². The van der Waals surface area contributed by atoms with E-state index in [0.29, 0.717) is 29.7 Å². The Kier molecular flexibility index (Phi) is 7.71. The Hall–Kier alpha value is -3.33. The van der Waals surface area contributed by atoms with Gasteiger partial charge in [0.1, 0.15) is 0 Å². The van der Waals surface area contributed by atoms with Crippen LogP contribution >= 0.6 is 0 Å². The minimum atomic E-state index is -3.70. The molecule has 0 radical (unpaired) electrons. The number of benzene rings is 3. The molecule has 1 saturated heterocycles. The molecule has 1 fully saturated rings. The molecule has 4 atom stereocenters. The number of piperidine rings is 1. The maximum Gasteiger partial charge on any atom is 0.243 e. The van der Waals surface area contributed by atoms with Gasteiger partial charge in [-0.2, -0.15) is 4.31 Å². The van der Waals surface area contributed by atoms with Gasteiger partial charge in [-0.1, -0.05) is 49.2 Å². The Morgan fingerprint density at radius 1 is 0.932 bits per heavy atom. The Balaban J connectivity index is 1.28. The van der Waals surface area contributed by atoms with E-state index in [4.69, 9.17) is 9.47 Å². The van der Waals surface area contributed by atoms with Gasteiger partial charge in [0.25, 0.3) is 0 Å². The zero-order chi connectivity index (χ0) is 30.6. The molecule has 7 rings (SSSR count). The summed E-state index contributed by atoms with van der Waals surface area (Å²) in [5, 5.41) is 1.21. The molecule has 1 aromatic heterocycles. The van der Waals surface area contributed by atoms with Gasteiger partial charge in [-0.25, -0.2) is 8.42 Å². The van der Waals surface area contributed by atoms with E-state index < -0.39 is 10.0 Å². The molecule has 0 spiro atoms. The number of aromatic amines is 1. The van der Waals surface area contributed by atoms with Crippen molar-refractivity contribution in [3.05, 3.63) is 88.6 Å². The molecular formula is C36H43N3O4S. The van der Waals surface area contributed by atoms with Crippen LogP contribution in [0.1, 0.15) is 66.2 Å². The first kappa shape index (κ1) is 29.4. The fourth-order valence-electron chi connectivity index (χ4n) is 8.21. The normalized spacial score (nSPS) is 24.0. The maximum absolute atomic E-state index is 14.3. The Morgan fingerprint density at radius 2 is 1.68 bits per heavy atom. The monoisotopic (exact) mass is 613 g/mol. The van der Waals surface area contributed by atoms with E-state index in [1.165, 1.54) is 22.1 Å². The number of fused-ring (bicyclic) bond motifs is 6. The van der Waals surface area contributed by atoms with Crippen LogP contribution in [0.3, 0.4) is 0 Å². The van der Waals surface area contributed by atoms with Gasteiger partial charge >= 0.3 is 0 Å². The molecule has 4 aromatic rings. The molecule has 3 aliphatic rings. The van der Waals surface area contributed by atoms with Crippen LogP contribution in [0.25, 0.3) is 10.9 Å². The number of hydrogen-bond acceptors (Lipinski definition) is 5. The number of para-hydroxylation sites is 1. The largest absolute Gasteiger partial charge is 0.493 e. The van der Waals surface area contributed by atoms with Crippen LogP contribution in [0.15, 0.2) is 65.6 Å². The number of aryl methyl sites for hydroxylation is 1. The Labute approximate surface area is 261 Å². The first-order valence-corrected chi connectivity index (χ1v) is 17.4. The highest BCUT2D eigenvalue weighted by Crippen LogP contribution is 2.49. The number of methoxy groups -OCH3 is 2. The van der Waals surface area contributed by atoms with Gasteiger partial charge in [0.2, 0.25) is 10.0 Å². The zero-order valence-electron chi connectivity index (χ0n) is 26.2. The summed E-state index contributed by atoms with van der Waals surface area (Å²) in [5.74, 6) is 2.40. The number of aromatic nitrogens is 1. The average Bonchev–Trinajstić information content (AvgIpc) is 3.43. The predicted molar refractivity (Wildman–Crippen MR) is 174 cm³/mol. The van der Waals surface area contributed by atoms with Crippen molar-refractivity contribution in [2.75, 3.05) is 33.9 Å². The van der Waals surface area contributed by atoms with Crippen LogP contribution in [0.4, 0.5) is 0 Å². The van der Waals surface area contributed by atoms with Gasteiger partial charge in [-0.3, -0.25) is 4.90 Å². The van der Waals surface area contributed by atoms with Crippen molar-refractivity contribution in [2.24, 2.45) is 11.8 Å². The van der Waals surface area contributed by atoms with Gasteiger partial charge in [-0.15, -0.1) is 0 Å². The molecule has 0 bridgehead atoms. The second kappa shape index (κ2) is 11.5. The molecule has 0 saturated carbocycles. The predicted octanol–water partition coefficient (Wildman–Crippen LogP) is 6.82. The average molecular weight is 614 g/mol. The molecule has 0 aliphatic carbocycles. The van der Waals surface area contributed by atoms with Gasteiger partial charge in [0, 0.05) is 42.3 Å². The summed E-state index contributed by atoms with van der Waals surface area (Å²) in [4.78, 5) is 6.72. The molecule has 3 aromatic carbocycles. The summed E-state index contributed by atoms with van der Waals surface area (Å²) in [7, 11) is -0.304. The van der Waals surface area contributed by atoms with Crippen molar-refractivity contribution >= 4 is 20.9 Å². The Morgan fingerprint density at radius 3 is 2.43 bits per heavy atom. The van der Waals surface area contributed by atoms with Crippen LogP contribution in [0.5, 0.6) is 11.5 Å². The van der Waals surface area contributed by atoms with Crippen LogP contribution in [0, 0.1) is 18.8 Å². The van der Waals surface area contributed by atoms with Crippen LogP contribution in [-0.2, 0) is 22.9 Å². The summed E-state index contributed by atoms with van der Waals surface area (Å²) in [6, 6.07) is 20.1. The van der Waals surface area contributed by atoms with E-state index in [9.17, 15) is 8.42 Å². The molecule has 7 nitrogen and oxygen atoms in total. The number of hydrogen-bond donors (Lipinski definition) is 1. The van der Waals surface area contributed by atoms with E-state index in [2.05, 4.69) is 47.1 Å². The second-order valence-electron chi connectivity index (χ2n) is 12.8. The third-order valence-corrected chi connectivity index (χ3v) is 12.5. The van der Waals surface area contributed by atoms with E-state index in [-0.39, 0.29) is 12.1 Å². The van der Waals surface area contributed by atoms with Gasteiger partial charge < -0.3 is 14.5 Å². The summed E-state index contributed by atoms with van der Waals surface area (Å²) < 4.78 is 41.8. The third-order valence-electron chi connectivity index (χ3n) is 10.6. The lowest BCUT2D eigenvalue weighted by Gasteiger charge is -2.48. The molecule has 232 valence electrons. The third kappa shape index (κ3) is 4.91. The topological polar surface area (TPSA) is 74.9 Å². The first-order chi connectivity index (χ1) is 21.3. The SMILES string of the molecule is CCC1CN2CCc3cc(OC)c(OC)cc3C2CC1CC1c2[nH]c3ccccc3c2CCN1S(=O)(=O)c1ccc(C)cc1.